The van der Waals surface area contributed by atoms with Gasteiger partial charge in [-0.3, -0.25) is 0 Å². The van der Waals surface area contributed by atoms with Gasteiger partial charge in [-0.1, -0.05) is 126 Å². The molecule has 4 nitrogen and oxygen atoms in total. The Balaban J connectivity index is 1.14. The normalized spacial score (nSPS) is 12.4. The fourth-order valence-electron chi connectivity index (χ4n) is 9.56. The van der Waals surface area contributed by atoms with Gasteiger partial charge in [0.05, 0.1) is 27.6 Å². The van der Waals surface area contributed by atoms with Crippen molar-refractivity contribution in [2.75, 3.05) is 4.90 Å². The largest absolute Gasteiger partial charge is 0.316 e. The first kappa shape index (κ1) is 37.7. The number of hydrogen-bond donors (Lipinski definition) is 0. The van der Waals surface area contributed by atoms with Crippen LogP contribution in [-0.2, 0) is 10.8 Å². The van der Waals surface area contributed by atoms with Gasteiger partial charge in [0.1, 0.15) is 0 Å². The summed E-state index contributed by atoms with van der Waals surface area (Å²) in [5, 5.41) is 6.12. The molecule has 0 saturated heterocycles. The van der Waals surface area contributed by atoms with Gasteiger partial charge in [0.25, 0.3) is 0 Å². The van der Waals surface area contributed by atoms with Crippen LogP contribution in [-0.4, -0.2) is 13.7 Å². The summed E-state index contributed by atoms with van der Waals surface area (Å²) in [4.78, 5) is 2.44. The molecular formula is C58H50N4. The summed E-state index contributed by atoms with van der Waals surface area (Å²) < 4.78 is 7.16. The third-order valence-electron chi connectivity index (χ3n) is 12.8. The Hall–Kier alpha value is -7.30. The molecule has 0 spiro atoms. The molecule has 0 saturated carbocycles. The van der Waals surface area contributed by atoms with Crippen LogP contribution in [0.15, 0.2) is 194 Å². The molecule has 302 valence electrons. The maximum Gasteiger partial charge on any atom is 0.0635 e. The van der Waals surface area contributed by atoms with E-state index in [2.05, 4.69) is 254 Å². The third-order valence-corrected chi connectivity index (χ3v) is 12.8. The van der Waals surface area contributed by atoms with Crippen LogP contribution in [0, 0.1) is 0 Å². The monoisotopic (exact) mass is 802 g/mol. The molecule has 8 aromatic carbocycles. The highest BCUT2D eigenvalue weighted by molar-refractivity contribution is 6.19. The fourth-order valence-corrected chi connectivity index (χ4v) is 9.56. The Morgan fingerprint density at radius 3 is 1.45 bits per heavy atom. The maximum absolute atomic E-state index is 2.45. The van der Waals surface area contributed by atoms with Crippen molar-refractivity contribution in [3.8, 4) is 17.1 Å². The van der Waals surface area contributed by atoms with Crippen LogP contribution in [0.4, 0.5) is 17.1 Å². The van der Waals surface area contributed by atoms with Crippen molar-refractivity contribution in [3.63, 3.8) is 0 Å². The van der Waals surface area contributed by atoms with Gasteiger partial charge in [-0.2, -0.15) is 0 Å². The van der Waals surface area contributed by atoms with E-state index in [4.69, 9.17) is 0 Å². The summed E-state index contributed by atoms with van der Waals surface area (Å²) in [7, 11) is 0. The first-order chi connectivity index (χ1) is 30.0. The number of para-hydroxylation sites is 3. The zero-order valence-electron chi connectivity index (χ0n) is 36.3. The summed E-state index contributed by atoms with van der Waals surface area (Å²) in [6.07, 6.45) is 2.20. The fraction of sp³-hybridized carbons (Fsp3) is 0.138. The van der Waals surface area contributed by atoms with E-state index < -0.39 is 0 Å². The van der Waals surface area contributed by atoms with Crippen molar-refractivity contribution >= 4 is 71.6 Å². The van der Waals surface area contributed by atoms with E-state index in [1.165, 1.54) is 71.3 Å². The van der Waals surface area contributed by atoms with E-state index in [-0.39, 0.29) is 10.8 Å². The number of fused-ring (bicyclic) bond motifs is 8. The summed E-state index contributed by atoms with van der Waals surface area (Å²) in [6.45, 7) is 13.7. The molecular weight excluding hydrogens is 753 g/mol. The van der Waals surface area contributed by atoms with Gasteiger partial charge in [-0.15, -0.1) is 0 Å². The summed E-state index contributed by atoms with van der Waals surface area (Å²) in [5.41, 5.74) is 15.5. The van der Waals surface area contributed by atoms with E-state index in [9.17, 15) is 0 Å². The van der Waals surface area contributed by atoms with Gasteiger partial charge in [0.2, 0.25) is 0 Å². The molecule has 11 rings (SSSR count). The Bertz CT molecular complexity index is 3440. The summed E-state index contributed by atoms with van der Waals surface area (Å²) >= 11 is 0. The van der Waals surface area contributed by atoms with Gasteiger partial charge in [-0.05, 0) is 125 Å². The highest BCUT2D eigenvalue weighted by atomic mass is 15.1. The van der Waals surface area contributed by atoms with Crippen LogP contribution < -0.4 is 4.90 Å². The minimum absolute atomic E-state index is 0.0398. The molecule has 3 aromatic heterocycles. The zero-order chi connectivity index (χ0) is 42.3. The molecule has 0 amide bonds. The lowest BCUT2D eigenvalue weighted by Crippen LogP contribution is -2.13. The molecule has 0 aliphatic heterocycles. The molecule has 3 heterocycles. The molecule has 0 atom stereocenters. The first-order valence-electron chi connectivity index (χ1n) is 21.8. The third kappa shape index (κ3) is 6.12. The first-order valence-corrected chi connectivity index (χ1v) is 21.8. The molecule has 0 aliphatic rings. The zero-order valence-corrected chi connectivity index (χ0v) is 36.3. The Morgan fingerprint density at radius 2 is 0.823 bits per heavy atom. The molecule has 0 N–H and O–H groups in total. The lowest BCUT2D eigenvalue weighted by Gasteiger charge is -2.27. The number of nitrogens with zero attached hydrogens (tertiary/aromatic N) is 4. The second-order valence-corrected chi connectivity index (χ2v) is 18.8. The summed E-state index contributed by atoms with van der Waals surface area (Å²) in [6, 6.07) is 69.4. The molecule has 0 radical (unpaired) electrons. The second kappa shape index (κ2) is 14.1. The van der Waals surface area contributed by atoms with Gasteiger partial charge >= 0.3 is 0 Å². The number of benzene rings is 8. The maximum atomic E-state index is 2.45. The molecule has 11 aromatic rings. The molecule has 4 heteroatoms. The van der Waals surface area contributed by atoms with E-state index in [1.54, 1.807) is 0 Å². The van der Waals surface area contributed by atoms with Crippen molar-refractivity contribution in [1.82, 2.24) is 13.7 Å². The van der Waals surface area contributed by atoms with Crippen LogP contribution in [0.2, 0.25) is 0 Å². The number of rotatable bonds is 6. The SMILES string of the molecule is CC(C)(C)c1ccc(N(c2ccc3c(c2)c2ccccc2n3-c2ccc(C(C)(C)C)cc2)c2ccc3c(c2)c2ccc4c(ccn4-c4ccccc4)c2n3-c2ccccc2)cc1. The van der Waals surface area contributed by atoms with Crippen molar-refractivity contribution in [3.05, 3.63) is 205 Å². The number of anilines is 3. The molecule has 62 heavy (non-hydrogen) atoms. The van der Waals surface area contributed by atoms with Crippen LogP contribution >= 0.6 is 0 Å². The van der Waals surface area contributed by atoms with Crippen LogP contribution in [0.1, 0.15) is 52.7 Å². The lowest BCUT2D eigenvalue weighted by molar-refractivity contribution is 0.590. The van der Waals surface area contributed by atoms with Gasteiger partial charge in [0.15, 0.2) is 0 Å². The summed E-state index contributed by atoms with van der Waals surface area (Å²) in [5.74, 6) is 0. The van der Waals surface area contributed by atoms with Gasteiger partial charge in [0, 0.05) is 67.3 Å². The van der Waals surface area contributed by atoms with Crippen LogP contribution in [0.5, 0.6) is 0 Å². The lowest BCUT2D eigenvalue weighted by atomic mass is 9.87. The molecule has 0 bridgehead atoms. The average Bonchev–Trinajstić information content (AvgIpc) is 3.97. The van der Waals surface area contributed by atoms with Gasteiger partial charge < -0.3 is 18.6 Å². The van der Waals surface area contributed by atoms with Crippen molar-refractivity contribution in [2.45, 2.75) is 52.4 Å². The molecule has 0 aliphatic carbocycles. The Labute approximate surface area is 363 Å². The van der Waals surface area contributed by atoms with E-state index in [1.807, 2.05) is 0 Å². The smallest absolute Gasteiger partial charge is 0.0635 e. The number of hydrogen-bond acceptors (Lipinski definition) is 1. The molecule has 0 unspecified atom stereocenters. The van der Waals surface area contributed by atoms with E-state index in [0.717, 1.165) is 28.4 Å². The highest BCUT2D eigenvalue weighted by Crippen LogP contribution is 2.44. The van der Waals surface area contributed by atoms with Crippen molar-refractivity contribution in [2.24, 2.45) is 0 Å². The number of aromatic nitrogens is 3. The topological polar surface area (TPSA) is 18.0 Å². The predicted molar refractivity (Wildman–Crippen MR) is 264 cm³/mol. The van der Waals surface area contributed by atoms with E-state index in [0.29, 0.717) is 0 Å². The van der Waals surface area contributed by atoms with Crippen LogP contribution in [0.25, 0.3) is 71.6 Å². The predicted octanol–water partition coefficient (Wildman–Crippen LogP) is 15.9. The average molecular weight is 803 g/mol. The standard InChI is InChI=1S/C58H50N4/c1-57(2,3)39-21-25-43(26-22-39)60(45-29-32-54-50(37-45)47-19-13-14-20-53(47)61(54)44-27-23-40(24-28-44)58(4,5)6)46-30-33-55-51(38-46)48-31-34-52-49(35-36-59(52)41-15-9-7-10-16-41)56(48)62(55)42-17-11-8-12-18-42/h7-38H,1-6H3. The minimum Gasteiger partial charge on any atom is -0.316 e. The quantitative estimate of drug-likeness (QED) is 0.164. The molecule has 0 fully saturated rings. The second-order valence-electron chi connectivity index (χ2n) is 18.8. The van der Waals surface area contributed by atoms with E-state index >= 15 is 0 Å². The minimum atomic E-state index is 0.0398. The van der Waals surface area contributed by atoms with Crippen LogP contribution in [0.3, 0.4) is 0 Å². The van der Waals surface area contributed by atoms with Gasteiger partial charge in [-0.25, -0.2) is 0 Å². The van der Waals surface area contributed by atoms with Crippen molar-refractivity contribution in [1.29, 1.82) is 0 Å². The Morgan fingerprint density at radius 1 is 0.339 bits per heavy atom. The van der Waals surface area contributed by atoms with Crippen molar-refractivity contribution < 1.29 is 0 Å². The Kier molecular flexibility index (Phi) is 8.59. The highest BCUT2D eigenvalue weighted by Gasteiger charge is 2.23.